The Labute approximate surface area is 114 Å². The fourth-order valence-corrected chi connectivity index (χ4v) is 4.35. The second-order valence-corrected chi connectivity index (χ2v) is 7.44. The van der Waals surface area contributed by atoms with E-state index in [0.717, 1.165) is 18.3 Å². The van der Waals surface area contributed by atoms with Crippen LogP contribution < -0.4 is 0 Å². The predicted octanol–water partition coefficient (Wildman–Crippen LogP) is 5.15. The zero-order valence-electron chi connectivity index (χ0n) is 11.6. The lowest BCUT2D eigenvalue weighted by Crippen LogP contribution is -2.47. The van der Waals surface area contributed by atoms with Crippen molar-refractivity contribution in [2.75, 3.05) is 0 Å². The van der Waals surface area contributed by atoms with E-state index in [4.69, 9.17) is 0 Å². The van der Waals surface area contributed by atoms with Gasteiger partial charge in [-0.15, -0.1) is 11.3 Å². The minimum Gasteiger partial charge on any atom is -0.148 e. The van der Waals surface area contributed by atoms with E-state index in [0.29, 0.717) is 5.41 Å². The van der Waals surface area contributed by atoms with Crippen molar-refractivity contribution in [1.82, 2.24) is 0 Å². The van der Waals surface area contributed by atoms with Crippen LogP contribution in [0.15, 0.2) is 35.2 Å². The Hall–Kier alpha value is -0.820. The molecule has 1 aromatic rings. The number of hydrogen-bond acceptors (Lipinski definition) is 1. The van der Waals surface area contributed by atoms with Gasteiger partial charge in [0.05, 0.1) is 0 Å². The number of hydrogen-bond donors (Lipinski definition) is 0. The van der Waals surface area contributed by atoms with Gasteiger partial charge in [0.2, 0.25) is 0 Å². The van der Waals surface area contributed by atoms with E-state index >= 15 is 0 Å². The van der Waals surface area contributed by atoms with E-state index in [2.05, 4.69) is 50.4 Å². The Balaban J connectivity index is 1.65. The van der Waals surface area contributed by atoms with Gasteiger partial charge in [-0.05, 0) is 59.6 Å². The normalized spacial score (nSPS) is 29.2. The average Bonchev–Trinajstić information content (AvgIpc) is 2.75. The summed E-state index contributed by atoms with van der Waals surface area (Å²) in [6, 6.07) is 2.30. The van der Waals surface area contributed by atoms with Crippen LogP contribution in [0.5, 0.6) is 0 Å². The SMILES string of the molecule is Cc1csc(C/C=C/C2=CC[C@@H]3C[C@H]2C3(C)C)c1. The molecule has 0 spiro atoms. The van der Waals surface area contributed by atoms with Gasteiger partial charge < -0.3 is 0 Å². The molecule has 0 N–H and O–H groups in total. The zero-order valence-corrected chi connectivity index (χ0v) is 12.4. The summed E-state index contributed by atoms with van der Waals surface area (Å²) < 4.78 is 0. The minimum atomic E-state index is 0.550. The number of rotatable bonds is 3. The third kappa shape index (κ3) is 1.99. The molecule has 0 aromatic carbocycles. The molecule has 0 aliphatic heterocycles. The van der Waals surface area contributed by atoms with E-state index in [1.165, 1.54) is 23.3 Å². The Bertz CT molecular complexity index is 501. The van der Waals surface area contributed by atoms with Gasteiger partial charge in [0, 0.05) is 11.3 Å². The van der Waals surface area contributed by atoms with Crippen molar-refractivity contribution in [3.63, 3.8) is 0 Å². The molecule has 1 fully saturated rings. The van der Waals surface area contributed by atoms with E-state index in [1.54, 1.807) is 5.57 Å². The highest BCUT2D eigenvalue weighted by atomic mass is 32.1. The molecule has 3 aliphatic carbocycles. The second kappa shape index (κ2) is 4.38. The maximum atomic E-state index is 2.47. The molecule has 96 valence electrons. The summed E-state index contributed by atoms with van der Waals surface area (Å²) in [5.41, 5.74) is 3.53. The van der Waals surface area contributed by atoms with Crippen LogP contribution >= 0.6 is 11.3 Å². The molecule has 18 heavy (non-hydrogen) atoms. The smallest absolute Gasteiger partial charge is 0.00857 e. The van der Waals surface area contributed by atoms with E-state index < -0.39 is 0 Å². The molecule has 2 atom stereocenters. The molecule has 1 aromatic heterocycles. The molecule has 0 amide bonds. The maximum Gasteiger partial charge on any atom is 0.00857 e. The van der Waals surface area contributed by atoms with Crippen molar-refractivity contribution in [3.05, 3.63) is 45.7 Å². The molecule has 3 aliphatic rings. The summed E-state index contributed by atoms with van der Waals surface area (Å²) in [6.45, 7) is 7.05. The van der Waals surface area contributed by atoms with Crippen LogP contribution in [0, 0.1) is 24.2 Å². The van der Waals surface area contributed by atoms with Gasteiger partial charge in [-0.25, -0.2) is 0 Å². The van der Waals surface area contributed by atoms with Crippen LogP contribution in [0.2, 0.25) is 0 Å². The summed E-state index contributed by atoms with van der Waals surface area (Å²) >= 11 is 1.88. The molecular formula is C17H22S. The molecule has 4 rings (SSSR count). The standard InChI is InChI=1S/C17H22S/c1-12-9-15(18-11-12)6-4-5-13-7-8-14-10-16(13)17(14,2)3/h4-5,7,9,11,14,16H,6,8,10H2,1-3H3/b5-4+/t14-,16-/m1/s1. The van der Waals surface area contributed by atoms with Crippen molar-refractivity contribution < 1.29 is 0 Å². The summed E-state index contributed by atoms with van der Waals surface area (Å²) in [4.78, 5) is 1.48. The quantitative estimate of drug-likeness (QED) is 0.703. The first-order valence-corrected chi connectivity index (χ1v) is 7.86. The van der Waals surface area contributed by atoms with Crippen molar-refractivity contribution >= 4 is 11.3 Å². The third-order valence-electron chi connectivity index (χ3n) is 4.93. The van der Waals surface area contributed by atoms with E-state index in [1.807, 2.05) is 11.3 Å². The highest BCUT2D eigenvalue weighted by Crippen LogP contribution is 2.59. The molecule has 0 unspecified atom stereocenters. The number of aryl methyl sites for hydroxylation is 1. The topological polar surface area (TPSA) is 0 Å². The van der Waals surface area contributed by atoms with Gasteiger partial charge in [0.15, 0.2) is 0 Å². The van der Waals surface area contributed by atoms with Crippen molar-refractivity contribution in [2.24, 2.45) is 17.3 Å². The molecule has 0 nitrogen and oxygen atoms in total. The van der Waals surface area contributed by atoms with Crippen LogP contribution in [0.3, 0.4) is 0 Å². The molecule has 0 saturated heterocycles. The van der Waals surface area contributed by atoms with Crippen LogP contribution in [-0.2, 0) is 6.42 Å². The highest BCUT2D eigenvalue weighted by molar-refractivity contribution is 7.10. The van der Waals surface area contributed by atoms with Crippen molar-refractivity contribution in [3.8, 4) is 0 Å². The van der Waals surface area contributed by atoms with Crippen LogP contribution in [0.4, 0.5) is 0 Å². The monoisotopic (exact) mass is 258 g/mol. The Kier molecular flexibility index (Phi) is 2.97. The molecule has 1 heteroatoms. The van der Waals surface area contributed by atoms with Crippen LogP contribution in [-0.4, -0.2) is 0 Å². The van der Waals surface area contributed by atoms with Gasteiger partial charge in [-0.3, -0.25) is 0 Å². The zero-order chi connectivity index (χ0) is 12.8. The summed E-state index contributed by atoms with van der Waals surface area (Å²) in [6.07, 6.45) is 11.0. The highest BCUT2D eigenvalue weighted by Gasteiger charge is 2.50. The lowest BCUT2D eigenvalue weighted by atomic mass is 9.49. The van der Waals surface area contributed by atoms with Gasteiger partial charge in [0.25, 0.3) is 0 Å². The van der Waals surface area contributed by atoms with Crippen molar-refractivity contribution in [1.29, 1.82) is 0 Å². The number of allylic oxidation sites excluding steroid dienone is 4. The van der Waals surface area contributed by atoms with E-state index in [-0.39, 0.29) is 0 Å². The first kappa shape index (κ1) is 12.2. The molecule has 1 saturated carbocycles. The fourth-order valence-electron chi connectivity index (χ4n) is 3.50. The molecular weight excluding hydrogens is 236 g/mol. The number of thiophene rings is 1. The maximum absolute atomic E-state index is 2.47. The van der Waals surface area contributed by atoms with Crippen molar-refractivity contribution in [2.45, 2.75) is 40.0 Å². The Morgan fingerprint density at radius 3 is 2.89 bits per heavy atom. The second-order valence-electron chi connectivity index (χ2n) is 6.44. The van der Waals surface area contributed by atoms with Crippen LogP contribution in [0.25, 0.3) is 0 Å². The Morgan fingerprint density at radius 1 is 1.44 bits per heavy atom. The first-order valence-electron chi connectivity index (χ1n) is 6.98. The first-order chi connectivity index (χ1) is 8.57. The molecule has 2 bridgehead atoms. The molecule has 1 heterocycles. The summed E-state index contributed by atoms with van der Waals surface area (Å²) in [5, 5.41) is 2.24. The minimum absolute atomic E-state index is 0.550. The fraction of sp³-hybridized carbons (Fsp3) is 0.529. The lowest BCUT2D eigenvalue weighted by Gasteiger charge is -2.56. The summed E-state index contributed by atoms with van der Waals surface area (Å²) in [7, 11) is 0. The largest absolute Gasteiger partial charge is 0.148 e. The number of fused-ring (bicyclic) bond motifs is 1. The molecule has 0 radical (unpaired) electrons. The third-order valence-corrected chi connectivity index (χ3v) is 6.00. The van der Waals surface area contributed by atoms with E-state index in [9.17, 15) is 0 Å². The van der Waals surface area contributed by atoms with Gasteiger partial charge in [0.1, 0.15) is 0 Å². The summed E-state index contributed by atoms with van der Waals surface area (Å²) in [5.74, 6) is 1.76. The average molecular weight is 258 g/mol. The Morgan fingerprint density at radius 2 is 2.28 bits per heavy atom. The van der Waals surface area contributed by atoms with Gasteiger partial charge >= 0.3 is 0 Å². The van der Waals surface area contributed by atoms with Gasteiger partial charge in [-0.2, -0.15) is 0 Å². The predicted molar refractivity (Wildman–Crippen MR) is 80.0 cm³/mol. The van der Waals surface area contributed by atoms with Gasteiger partial charge in [-0.1, -0.05) is 32.1 Å². The van der Waals surface area contributed by atoms with Crippen LogP contribution in [0.1, 0.15) is 37.1 Å². The lowest BCUT2D eigenvalue weighted by molar-refractivity contribution is -0.00330.